The van der Waals surface area contributed by atoms with Gasteiger partial charge in [-0.1, -0.05) is 22.0 Å². The van der Waals surface area contributed by atoms with E-state index in [4.69, 9.17) is 0 Å². The number of benzene rings is 1. The van der Waals surface area contributed by atoms with E-state index < -0.39 is 6.10 Å². The molecule has 1 rings (SSSR count). The van der Waals surface area contributed by atoms with E-state index in [0.29, 0.717) is 15.4 Å². The van der Waals surface area contributed by atoms with Crippen LogP contribution < -0.4 is 0 Å². The molecular formula is C8H7Br2FO. The molecule has 66 valence electrons. The topological polar surface area (TPSA) is 20.2 Å². The van der Waals surface area contributed by atoms with E-state index >= 15 is 0 Å². The Kier molecular flexibility index (Phi) is 3.68. The summed E-state index contributed by atoms with van der Waals surface area (Å²) >= 11 is 6.18. The van der Waals surface area contributed by atoms with Crippen molar-refractivity contribution in [1.82, 2.24) is 0 Å². The van der Waals surface area contributed by atoms with Crippen molar-refractivity contribution in [3.63, 3.8) is 0 Å². The molecule has 4 heteroatoms. The van der Waals surface area contributed by atoms with Crippen molar-refractivity contribution >= 4 is 31.9 Å². The molecule has 1 aromatic carbocycles. The zero-order valence-electron chi connectivity index (χ0n) is 6.10. The van der Waals surface area contributed by atoms with Gasteiger partial charge in [0.15, 0.2) is 0 Å². The maximum Gasteiger partial charge on any atom is 0.137 e. The van der Waals surface area contributed by atoms with Crippen molar-refractivity contribution in [3.8, 4) is 0 Å². The first-order valence-corrected chi connectivity index (χ1v) is 5.25. The molecule has 1 N–H and O–H groups in total. The molecule has 0 aliphatic heterocycles. The lowest BCUT2D eigenvalue weighted by atomic mass is 10.1. The summed E-state index contributed by atoms with van der Waals surface area (Å²) in [5.41, 5.74) is 0.695. The van der Waals surface area contributed by atoms with Gasteiger partial charge in [0, 0.05) is 5.33 Å². The fourth-order valence-electron chi connectivity index (χ4n) is 0.809. The average Bonchev–Trinajstić information content (AvgIpc) is 2.08. The summed E-state index contributed by atoms with van der Waals surface area (Å²) < 4.78 is 13.1. The first kappa shape index (κ1) is 10.2. The molecule has 1 aromatic rings. The van der Waals surface area contributed by atoms with Crippen LogP contribution in [-0.4, -0.2) is 10.4 Å². The smallest absolute Gasteiger partial charge is 0.137 e. The molecule has 1 atom stereocenters. The maximum atomic E-state index is 12.7. The second-order valence-electron chi connectivity index (χ2n) is 2.34. The summed E-state index contributed by atoms with van der Waals surface area (Å²) in [6.07, 6.45) is -0.582. The first-order chi connectivity index (χ1) is 5.65. The fraction of sp³-hybridized carbons (Fsp3) is 0.250. The molecule has 0 heterocycles. The zero-order chi connectivity index (χ0) is 9.14. The lowest BCUT2D eigenvalue weighted by Gasteiger charge is -2.07. The van der Waals surface area contributed by atoms with Gasteiger partial charge in [-0.25, -0.2) is 4.39 Å². The molecule has 12 heavy (non-hydrogen) atoms. The lowest BCUT2D eigenvalue weighted by molar-refractivity contribution is 0.205. The van der Waals surface area contributed by atoms with Crippen molar-refractivity contribution < 1.29 is 9.50 Å². The van der Waals surface area contributed by atoms with Gasteiger partial charge in [0.1, 0.15) is 5.82 Å². The van der Waals surface area contributed by atoms with Gasteiger partial charge < -0.3 is 5.11 Å². The number of aliphatic hydroxyl groups excluding tert-OH is 1. The predicted octanol–water partition coefficient (Wildman–Crippen LogP) is 3.02. The normalized spacial score (nSPS) is 13.0. The van der Waals surface area contributed by atoms with Crippen molar-refractivity contribution in [2.75, 3.05) is 5.33 Å². The molecule has 0 aliphatic carbocycles. The molecular weight excluding hydrogens is 291 g/mol. The second-order valence-corrected chi connectivity index (χ2v) is 3.85. The van der Waals surface area contributed by atoms with Gasteiger partial charge in [-0.2, -0.15) is 0 Å². The summed E-state index contributed by atoms with van der Waals surface area (Å²) in [4.78, 5) is 0. The molecule has 0 saturated carbocycles. The van der Waals surface area contributed by atoms with Gasteiger partial charge in [0.05, 0.1) is 10.6 Å². The first-order valence-electron chi connectivity index (χ1n) is 3.34. The number of aliphatic hydroxyl groups is 1. The monoisotopic (exact) mass is 296 g/mol. The van der Waals surface area contributed by atoms with Crippen molar-refractivity contribution in [2.45, 2.75) is 6.10 Å². The van der Waals surface area contributed by atoms with Crippen molar-refractivity contribution in [2.24, 2.45) is 0 Å². The predicted molar refractivity (Wildman–Crippen MR) is 52.9 cm³/mol. The van der Waals surface area contributed by atoms with E-state index in [1.165, 1.54) is 6.07 Å². The van der Waals surface area contributed by atoms with Crippen LogP contribution in [0.2, 0.25) is 0 Å². The van der Waals surface area contributed by atoms with Gasteiger partial charge in [0.25, 0.3) is 0 Å². The van der Waals surface area contributed by atoms with Crippen molar-refractivity contribution in [1.29, 1.82) is 0 Å². The number of hydrogen-bond donors (Lipinski definition) is 1. The highest BCUT2D eigenvalue weighted by Crippen LogP contribution is 2.22. The van der Waals surface area contributed by atoms with Gasteiger partial charge >= 0.3 is 0 Å². The lowest BCUT2D eigenvalue weighted by Crippen LogP contribution is -1.98. The summed E-state index contributed by atoms with van der Waals surface area (Å²) in [7, 11) is 0. The Balaban J connectivity index is 2.96. The summed E-state index contributed by atoms with van der Waals surface area (Å²) in [6, 6.07) is 4.46. The number of hydrogen-bond acceptors (Lipinski definition) is 1. The van der Waals surface area contributed by atoms with Crippen LogP contribution in [0.4, 0.5) is 4.39 Å². The number of alkyl halides is 1. The quantitative estimate of drug-likeness (QED) is 0.832. The molecule has 0 fully saturated rings. The Morgan fingerprint density at radius 1 is 1.50 bits per heavy atom. The highest BCUT2D eigenvalue weighted by atomic mass is 79.9. The Morgan fingerprint density at radius 3 is 2.67 bits per heavy atom. The Hall–Kier alpha value is 0.0700. The van der Waals surface area contributed by atoms with Gasteiger partial charge in [-0.15, -0.1) is 0 Å². The SMILES string of the molecule is O[C@H](CBr)c1ccc(F)c(Br)c1. The van der Waals surface area contributed by atoms with E-state index in [9.17, 15) is 9.50 Å². The molecule has 0 amide bonds. The van der Waals surface area contributed by atoms with Gasteiger partial charge in [-0.3, -0.25) is 0 Å². The molecule has 0 aromatic heterocycles. The Morgan fingerprint density at radius 2 is 2.17 bits per heavy atom. The van der Waals surface area contributed by atoms with Crippen LogP contribution in [0.1, 0.15) is 11.7 Å². The number of halogens is 3. The molecule has 0 bridgehead atoms. The zero-order valence-corrected chi connectivity index (χ0v) is 9.27. The summed E-state index contributed by atoms with van der Waals surface area (Å²) in [5, 5.41) is 9.80. The van der Waals surface area contributed by atoms with E-state index in [2.05, 4.69) is 31.9 Å². The fourth-order valence-corrected chi connectivity index (χ4v) is 1.58. The van der Waals surface area contributed by atoms with E-state index in [1.54, 1.807) is 12.1 Å². The minimum absolute atomic E-state index is 0.319. The largest absolute Gasteiger partial charge is 0.388 e. The molecule has 1 nitrogen and oxygen atoms in total. The number of rotatable bonds is 2. The molecule has 0 radical (unpaired) electrons. The maximum absolute atomic E-state index is 12.7. The summed E-state index contributed by atoms with van der Waals surface area (Å²) in [5.74, 6) is -0.319. The summed E-state index contributed by atoms with van der Waals surface area (Å²) in [6.45, 7) is 0. The molecule has 0 saturated heterocycles. The van der Waals surface area contributed by atoms with Gasteiger partial charge in [0.2, 0.25) is 0 Å². The Bertz CT molecular complexity index is 278. The van der Waals surface area contributed by atoms with E-state index in [-0.39, 0.29) is 5.82 Å². The second kappa shape index (κ2) is 4.35. The minimum atomic E-state index is -0.582. The minimum Gasteiger partial charge on any atom is -0.388 e. The van der Waals surface area contributed by atoms with Crippen LogP contribution in [-0.2, 0) is 0 Å². The van der Waals surface area contributed by atoms with Crippen LogP contribution in [0, 0.1) is 5.82 Å². The van der Waals surface area contributed by atoms with Gasteiger partial charge in [-0.05, 0) is 33.6 Å². The Labute approximate surface area is 86.9 Å². The molecule has 0 spiro atoms. The van der Waals surface area contributed by atoms with Crippen LogP contribution in [0.3, 0.4) is 0 Å². The van der Waals surface area contributed by atoms with Crippen LogP contribution in [0.25, 0.3) is 0 Å². The third kappa shape index (κ3) is 2.28. The third-order valence-electron chi connectivity index (χ3n) is 1.47. The van der Waals surface area contributed by atoms with E-state index in [1.807, 2.05) is 0 Å². The van der Waals surface area contributed by atoms with E-state index in [0.717, 1.165) is 0 Å². The van der Waals surface area contributed by atoms with Crippen LogP contribution in [0.15, 0.2) is 22.7 Å². The van der Waals surface area contributed by atoms with Crippen molar-refractivity contribution in [3.05, 3.63) is 34.1 Å². The highest BCUT2D eigenvalue weighted by Gasteiger charge is 2.07. The molecule has 0 unspecified atom stereocenters. The van der Waals surface area contributed by atoms with Crippen LogP contribution in [0.5, 0.6) is 0 Å². The average molecular weight is 298 g/mol. The highest BCUT2D eigenvalue weighted by molar-refractivity contribution is 9.10. The van der Waals surface area contributed by atoms with Crippen LogP contribution >= 0.6 is 31.9 Å². The molecule has 0 aliphatic rings. The third-order valence-corrected chi connectivity index (χ3v) is 2.70. The standard InChI is InChI=1S/C8H7Br2FO/c9-4-8(12)5-1-2-7(11)6(10)3-5/h1-3,8,12H,4H2/t8-/m1/s1.